The molecule has 2 rings (SSSR count). The lowest BCUT2D eigenvalue weighted by molar-refractivity contribution is -0.146. The van der Waals surface area contributed by atoms with Crippen LogP contribution < -0.4 is 0 Å². The molecule has 6 heteroatoms. The van der Waals surface area contributed by atoms with Crippen molar-refractivity contribution in [1.82, 2.24) is 10.1 Å². The van der Waals surface area contributed by atoms with Gasteiger partial charge in [-0.2, -0.15) is 4.98 Å². The lowest BCUT2D eigenvalue weighted by Crippen LogP contribution is -2.21. The molecule has 0 spiro atoms. The van der Waals surface area contributed by atoms with Gasteiger partial charge in [0.1, 0.15) is 5.92 Å². The maximum Gasteiger partial charge on any atom is 0.318 e. The Morgan fingerprint density at radius 1 is 1.53 bits per heavy atom. The van der Waals surface area contributed by atoms with Crippen LogP contribution >= 0.6 is 11.3 Å². The zero-order valence-electron chi connectivity index (χ0n) is 11.1. The van der Waals surface area contributed by atoms with E-state index in [0.29, 0.717) is 18.3 Å². The Morgan fingerprint density at radius 2 is 2.32 bits per heavy atom. The van der Waals surface area contributed by atoms with E-state index in [4.69, 9.17) is 9.26 Å². The van der Waals surface area contributed by atoms with Gasteiger partial charge in [-0.15, -0.1) is 11.3 Å². The van der Waals surface area contributed by atoms with Gasteiger partial charge in [-0.05, 0) is 24.3 Å². The van der Waals surface area contributed by atoms with Crippen molar-refractivity contribution in [3.63, 3.8) is 0 Å². The fourth-order valence-corrected chi connectivity index (χ4v) is 2.41. The number of nitrogens with zero attached hydrogens (tertiary/aromatic N) is 2. The first-order valence-corrected chi connectivity index (χ1v) is 7.05. The fourth-order valence-electron chi connectivity index (χ4n) is 1.76. The summed E-state index contributed by atoms with van der Waals surface area (Å²) >= 11 is 1.53. The quantitative estimate of drug-likeness (QED) is 0.787. The molecular formula is C13H16N2O3S. The molecule has 0 N–H and O–H groups in total. The molecule has 0 aliphatic heterocycles. The average Bonchev–Trinajstić information content (AvgIpc) is 2.98. The number of ether oxygens (including phenoxy) is 1. The summed E-state index contributed by atoms with van der Waals surface area (Å²) in [4.78, 5) is 17.2. The first-order chi connectivity index (χ1) is 9.13. The second-order valence-electron chi connectivity index (χ2n) is 4.41. The molecule has 19 heavy (non-hydrogen) atoms. The first-order valence-electron chi connectivity index (χ1n) is 6.17. The van der Waals surface area contributed by atoms with E-state index in [-0.39, 0.29) is 11.9 Å². The van der Waals surface area contributed by atoms with Gasteiger partial charge >= 0.3 is 5.97 Å². The summed E-state index contributed by atoms with van der Waals surface area (Å²) in [6.45, 7) is 5.97. The Kier molecular flexibility index (Phi) is 4.31. The molecule has 1 atom stereocenters. The zero-order valence-corrected chi connectivity index (χ0v) is 11.9. The minimum atomic E-state index is -0.513. The molecule has 0 bridgehead atoms. The van der Waals surface area contributed by atoms with Gasteiger partial charge in [-0.3, -0.25) is 4.79 Å². The number of hydrogen-bond acceptors (Lipinski definition) is 6. The molecule has 2 aromatic rings. The number of thiophene rings is 1. The van der Waals surface area contributed by atoms with Crippen LogP contribution in [-0.2, 0) is 9.53 Å². The molecule has 5 nitrogen and oxygen atoms in total. The third-order valence-electron chi connectivity index (χ3n) is 2.66. The second-order valence-corrected chi connectivity index (χ2v) is 5.35. The van der Waals surface area contributed by atoms with E-state index in [1.807, 2.05) is 31.4 Å². The van der Waals surface area contributed by atoms with Gasteiger partial charge in [-0.1, -0.05) is 25.1 Å². The topological polar surface area (TPSA) is 65.2 Å². The summed E-state index contributed by atoms with van der Waals surface area (Å²) in [6, 6.07) is 3.83. The SMILES string of the molecule is CCOC(=O)C(c1nc(-c2cccs2)no1)C(C)C. The van der Waals surface area contributed by atoms with E-state index >= 15 is 0 Å². The lowest BCUT2D eigenvalue weighted by atomic mass is 9.96. The van der Waals surface area contributed by atoms with E-state index in [0.717, 1.165) is 4.88 Å². The Balaban J connectivity index is 2.26. The van der Waals surface area contributed by atoms with Crippen molar-refractivity contribution in [3.05, 3.63) is 23.4 Å². The summed E-state index contributed by atoms with van der Waals surface area (Å²) in [6.07, 6.45) is 0. The summed E-state index contributed by atoms with van der Waals surface area (Å²) in [5.74, 6) is 0.0347. The van der Waals surface area contributed by atoms with Crippen LogP contribution in [0.5, 0.6) is 0 Å². The molecule has 2 heterocycles. The van der Waals surface area contributed by atoms with Crippen molar-refractivity contribution in [3.8, 4) is 10.7 Å². The minimum Gasteiger partial charge on any atom is -0.465 e. The van der Waals surface area contributed by atoms with Gasteiger partial charge in [0.15, 0.2) is 0 Å². The first kappa shape index (κ1) is 13.7. The molecule has 0 saturated carbocycles. The van der Waals surface area contributed by atoms with E-state index in [1.54, 1.807) is 6.92 Å². The Bertz CT molecular complexity index is 534. The molecule has 0 aliphatic carbocycles. The van der Waals surface area contributed by atoms with Crippen molar-refractivity contribution >= 4 is 17.3 Å². The molecule has 0 aromatic carbocycles. The Labute approximate surface area is 115 Å². The summed E-state index contributed by atoms with van der Waals surface area (Å²) in [7, 11) is 0. The van der Waals surface area contributed by atoms with E-state index < -0.39 is 5.92 Å². The summed E-state index contributed by atoms with van der Waals surface area (Å²) < 4.78 is 10.3. The largest absolute Gasteiger partial charge is 0.465 e. The molecule has 0 fully saturated rings. The van der Waals surface area contributed by atoms with Crippen molar-refractivity contribution in [2.24, 2.45) is 5.92 Å². The number of rotatable bonds is 5. The predicted molar refractivity (Wildman–Crippen MR) is 71.8 cm³/mol. The highest BCUT2D eigenvalue weighted by atomic mass is 32.1. The third kappa shape index (κ3) is 3.01. The van der Waals surface area contributed by atoms with Gasteiger partial charge < -0.3 is 9.26 Å². The van der Waals surface area contributed by atoms with Crippen LogP contribution in [0.2, 0.25) is 0 Å². The van der Waals surface area contributed by atoms with Crippen molar-refractivity contribution in [2.45, 2.75) is 26.7 Å². The number of carbonyl (C=O) groups is 1. The van der Waals surface area contributed by atoms with Crippen LogP contribution in [0.3, 0.4) is 0 Å². The number of carbonyl (C=O) groups excluding carboxylic acids is 1. The van der Waals surface area contributed by atoms with E-state index in [2.05, 4.69) is 10.1 Å². The van der Waals surface area contributed by atoms with Crippen LogP contribution in [-0.4, -0.2) is 22.7 Å². The van der Waals surface area contributed by atoms with E-state index in [9.17, 15) is 4.79 Å². The van der Waals surface area contributed by atoms with Crippen LogP contribution in [0.15, 0.2) is 22.0 Å². The normalized spacial score (nSPS) is 12.6. The van der Waals surface area contributed by atoms with Crippen molar-refractivity contribution < 1.29 is 14.1 Å². The van der Waals surface area contributed by atoms with Gasteiger partial charge in [0.25, 0.3) is 0 Å². The Morgan fingerprint density at radius 3 is 2.89 bits per heavy atom. The molecular weight excluding hydrogens is 264 g/mol. The molecule has 0 saturated heterocycles. The molecule has 0 radical (unpaired) electrons. The van der Waals surface area contributed by atoms with Crippen LogP contribution in [0.25, 0.3) is 10.7 Å². The standard InChI is InChI=1S/C13H16N2O3S/c1-4-17-13(16)10(8(2)3)12-14-11(15-18-12)9-6-5-7-19-9/h5-8,10H,4H2,1-3H3. The van der Waals surface area contributed by atoms with Gasteiger partial charge in [0.2, 0.25) is 11.7 Å². The highest BCUT2D eigenvalue weighted by Gasteiger charge is 2.31. The summed E-state index contributed by atoms with van der Waals surface area (Å²) in [5, 5.41) is 5.86. The number of aromatic nitrogens is 2. The lowest BCUT2D eigenvalue weighted by Gasteiger charge is -2.14. The summed E-state index contributed by atoms with van der Waals surface area (Å²) in [5.41, 5.74) is 0. The highest BCUT2D eigenvalue weighted by Crippen LogP contribution is 2.28. The molecule has 0 amide bonds. The average molecular weight is 280 g/mol. The van der Waals surface area contributed by atoms with E-state index in [1.165, 1.54) is 11.3 Å². The van der Waals surface area contributed by atoms with Gasteiger partial charge in [0.05, 0.1) is 11.5 Å². The minimum absolute atomic E-state index is 0.0377. The van der Waals surface area contributed by atoms with Gasteiger partial charge in [0, 0.05) is 0 Å². The number of esters is 1. The fraction of sp³-hybridized carbons (Fsp3) is 0.462. The third-order valence-corrected chi connectivity index (χ3v) is 3.52. The van der Waals surface area contributed by atoms with Crippen LogP contribution in [0.4, 0.5) is 0 Å². The molecule has 1 unspecified atom stereocenters. The highest BCUT2D eigenvalue weighted by molar-refractivity contribution is 7.13. The smallest absolute Gasteiger partial charge is 0.318 e. The molecule has 0 aliphatic rings. The van der Waals surface area contributed by atoms with Gasteiger partial charge in [-0.25, -0.2) is 0 Å². The Hall–Kier alpha value is -1.69. The predicted octanol–water partition coefficient (Wildman–Crippen LogP) is 3.10. The van der Waals surface area contributed by atoms with Crippen LogP contribution in [0, 0.1) is 5.92 Å². The molecule has 102 valence electrons. The van der Waals surface area contributed by atoms with Crippen molar-refractivity contribution in [2.75, 3.05) is 6.61 Å². The maximum absolute atomic E-state index is 11.9. The zero-order chi connectivity index (χ0) is 13.8. The maximum atomic E-state index is 11.9. The van der Waals surface area contributed by atoms with Crippen LogP contribution in [0.1, 0.15) is 32.6 Å². The second kappa shape index (κ2) is 5.97. The molecule has 2 aromatic heterocycles. The monoisotopic (exact) mass is 280 g/mol. The number of hydrogen-bond donors (Lipinski definition) is 0. The van der Waals surface area contributed by atoms with Crippen molar-refractivity contribution in [1.29, 1.82) is 0 Å².